The lowest BCUT2D eigenvalue weighted by molar-refractivity contribution is 0.144. The van der Waals surface area contributed by atoms with Gasteiger partial charge in [-0.25, -0.2) is 4.39 Å². The molecule has 1 unspecified atom stereocenters. The van der Waals surface area contributed by atoms with Crippen LogP contribution in [0.3, 0.4) is 0 Å². The van der Waals surface area contributed by atoms with Gasteiger partial charge in [0.2, 0.25) is 0 Å². The fourth-order valence-corrected chi connectivity index (χ4v) is 2.78. The molecule has 4 heteroatoms. The Balaban J connectivity index is 2.01. The largest absolute Gasteiger partial charge is 0.383 e. The Morgan fingerprint density at radius 3 is 2.95 bits per heavy atom. The van der Waals surface area contributed by atoms with Crippen LogP contribution in [0, 0.1) is 18.2 Å². The van der Waals surface area contributed by atoms with Crippen LogP contribution in [0.15, 0.2) is 18.2 Å². The van der Waals surface area contributed by atoms with Gasteiger partial charge >= 0.3 is 0 Å². The molecule has 1 aromatic carbocycles. The van der Waals surface area contributed by atoms with Gasteiger partial charge in [-0.05, 0) is 43.0 Å². The molecule has 112 valence electrons. The van der Waals surface area contributed by atoms with E-state index in [-0.39, 0.29) is 11.2 Å². The Kier molecular flexibility index (Phi) is 5.52. The van der Waals surface area contributed by atoms with Gasteiger partial charge in [0, 0.05) is 32.2 Å². The summed E-state index contributed by atoms with van der Waals surface area (Å²) in [6, 6.07) is 5.06. The van der Waals surface area contributed by atoms with E-state index in [4.69, 9.17) is 9.47 Å². The summed E-state index contributed by atoms with van der Waals surface area (Å²) < 4.78 is 23.9. The fraction of sp³-hybridized carbons (Fsp3) is 0.625. The molecule has 0 aromatic heterocycles. The zero-order valence-electron chi connectivity index (χ0n) is 12.4. The Morgan fingerprint density at radius 1 is 1.45 bits per heavy atom. The molecule has 1 saturated heterocycles. The number of benzene rings is 1. The quantitative estimate of drug-likeness (QED) is 0.778. The minimum absolute atomic E-state index is 0.121. The highest BCUT2D eigenvalue weighted by molar-refractivity contribution is 5.28. The summed E-state index contributed by atoms with van der Waals surface area (Å²) in [7, 11) is 1.71. The van der Waals surface area contributed by atoms with E-state index in [1.165, 1.54) is 5.56 Å². The van der Waals surface area contributed by atoms with Gasteiger partial charge in [0.15, 0.2) is 0 Å². The maximum absolute atomic E-state index is 13.2. The summed E-state index contributed by atoms with van der Waals surface area (Å²) in [6.07, 6.45) is 1.98. The lowest BCUT2D eigenvalue weighted by Gasteiger charge is -2.28. The molecule has 2 rings (SSSR count). The molecular formula is C16H24FNO2. The smallest absolute Gasteiger partial charge is 0.123 e. The second-order valence-electron chi connectivity index (χ2n) is 5.72. The Bertz CT molecular complexity index is 430. The van der Waals surface area contributed by atoms with Crippen molar-refractivity contribution in [1.29, 1.82) is 0 Å². The van der Waals surface area contributed by atoms with Crippen molar-refractivity contribution in [3.8, 4) is 0 Å². The number of halogens is 1. The predicted molar refractivity (Wildman–Crippen MR) is 77.5 cm³/mol. The first-order chi connectivity index (χ1) is 9.65. The van der Waals surface area contributed by atoms with Crippen LogP contribution in [-0.4, -0.2) is 40.0 Å². The van der Waals surface area contributed by atoms with Crippen molar-refractivity contribution < 1.29 is 13.9 Å². The summed E-state index contributed by atoms with van der Waals surface area (Å²) in [5, 5.41) is 3.44. The van der Waals surface area contributed by atoms with Gasteiger partial charge in [-0.1, -0.05) is 6.07 Å². The van der Waals surface area contributed by atoms with Crippen LogP contribution in [-0.2, 0) is 15.9 Å². The van der Waals surface area contributed by atoms with E-state index >= 15 is 0 Å². The van der Waals surface area contributed by atoms with E-state index in [1.54, 1.807) is 19.2 Å². The van der Waals surface area contributed by atoms with Crippen LogP contribution >= 0.6 is 0 Å². The molecule has 1 fully saturated rings. The Hall–Kier alpha value is -0.970. The topological polar surface area (TPSA) is 30.5 Å². The van der Waals surface area contributed by atoms with Crippen molar-refractivity contribution in [2.45, 2.75) is 19.8 Å². The van der Waals surface area contributed by atoms with Crippen molar-refractivity contribution >= 4 is 0 Å². The minimum atomic E-state index is -0.166. The van der Waals surface area contributed by atoms with E-state index in [0.29, 0.717) is 6.61 Å². The molecule has 20 heavy (non-hydrogen) atoms. The van der Waals surface area contributed by atoms with Gasteiger partial charge in [-0.3, -0.25) is 0 Å². The highest BCUT2D eigenvalue weighted by Crippen LogP contribution is 2.33. The van der Waals surface area contributed by atoms with E-state index in [1.807, 2.05) is 13.0 Å². The summed E-state index contributed by atoms with van der Waals surface area (Å²) >= 11 is 0. The molecule has 1 N–H and O–H groups in total. The SMILES string of the molecule is COCCNCC1(Cc2ccc(F)cc2C)CCOC1. The zero-order valence-corrected chi connectivity index (χ0v) is 12.4. The van der Waals surface area contributed by atoms with Crippen LogP contribution < -0.4 is 5.32 Å². The Labute approximate surface area is 120 Å². The molecule has 1 atom stereocenters. The van der Waals surface area contributed by atoms with Crippen molar-refractivity contribution in [2.75, 3.05) is 40.0 Å². The van der Waals surface area contributed by atoms with Gasteiger partial charge in [0.1, 0.15) is 5.82 Å². The molecule has 1 heterocycles. The normalized spacial score (nSPS) is 22.4. The Morgan fingerprint density at radius 2 is 2.30 bits per heavy atom. The van der Waals surface area contributed by atoms with Crippen LogP contribution in [0.5, 0.6) is 0 Å². The number of nitrogens with one attached hydrogen (secondary N) is 1. The number of aryl methyl sites for hydroxylation is 1. The predicted octanol–water partition coefficient (Wildman–Crippen LogP) is 2.32. The van der Waals surface area contributed by atoms with E-state index < -0.39 is 0 Å². The molecule has 1 aromatic rings. The summed E-state index contributed by atoms with van der Waals surface area (Å²) in [4.78, 5) is 0. The van der Waals surface area contributed by atoms with Crippen molar-refractivity contribution in [3.05, 3.63) is 35.1 Å². The van der Waals surface area contributed by atoms with Crippen molar-refractivity contribution in [1.82, 2.24) is 5.32 Å². The standard InChI is InChI=1S/C16H24FNO2/c1-13-9-15(17)4-3-14(13)10-16(5-7-20-12-16)11-18-6-8-19-2/h3-4,9,18H,5-8,10-12H2,1-2H3. The average Bonchev–Trinajstić information content (AvgIpc) is 2.87. The van der Waals surface area contributed by atoms with E-state index in [0.717, 1.165) is 44.7 Å². The first kappa shape index (κ1) is 15.4. The maximum Gasteiger partial charge on any atom is 0.123 e. The van der Waals surface area contributed by atoms with Gasteiger partial charge in [0.25, 0.3) is 0 Å². The lowest BCUT2D eigenvalue weighted by Crippen LogP contribution is -2.38. The number of ether oxygens (including phenoxy) is 2. The summed E-state index contributed by atoms with van der Waals surface area (Å²) in [5.41, 5.74) is 2.36. The third-order valence-electron chi connectivity index (χ3n) is 4.04. The van der Waals surface area contributed by atoms with E-state index in [9.17, 15) is 4.39 Å². The second kappa shape index (κ2) is 7.16. The van der Waals surface area contributed by atoms with Gasteiger partial charge in [-0.2, -0.15) is 0 Å². The van der Waals surface area contributed by atoms with Crippen molar-refractivity contribution in [3.63, 3.8) is 0 Å². The molecule has 0 bridgehead atoms. The highest BCUT2D eigenvalue weighted by Gasteiger charge is 2.35. The van der Waals surface area contributed by atoms with E-state index in [2.05, 4.69) is 5.32 Å². The molecule has 1 aliphatic rings. The average molecular weight is 281 g/mol. The number of hydrogen-bond acceptors (Lipinski definition) is 3. The third-order valence-corrected chi connectivity index (χ3v) is 4.04. The molecule has 0 spiro atoms. The van der Waals surface area contributed by atoms with Crippen LogP contribution in [0.2, 0.25) is 0 Å². The third kappa shape index (κ3) is 4.01. The zero-order chi connectivity index (χ0) is 14.4. The number of hydrogen-bond donors (Lipinski definition) is 1. The van der Waals surface area contributed by atoms with Crippen LogP contribution in [0.1, 0.15) is 17.5 Å². The minimum Gasteiger partial charge on any atom is -0.383 e. The monoisotopic (exact) mass is 281 g/mol. The van der Waals surface area contributed by atoms with Gasteiger partial charge < -0.3 is 14.8 Å². The summed E-state index contributed by atoms with van der Waals surface area (Å²) in [6.45, 7) is 6.02. The first-order valence-electron chi connectivity index (χ1n) is 7.18. The first-order valence-corrected chi connectivity index (χ1v) is 7.18. The molecule has 3 nitrogen and oxygen atoms in total. The van der Waals surface area contributed by atoms with Gasteiger partial charge in [-0.15, -0.1) is 0 Å². The number of methoxy groups -OCH3 is 1. The molecular weight excluding hydrogens is 257 g/mol. The number of rotatable bonds is 7. The van der Waals surface area contributed by atoms with Crippen LogP contribution in [0.4, 0.5) is 4.39 Å². The molecule has 0 amide bonds. The lowest BCUT2D eigenvalue weighted by atomic mass is 9.80. The molecule has 0 radical (unpaired) electrons. The van der Waals surface area contributed by atoms with Crippen molar-refractivity contribution in [2.24, 2.45) is 5.41 Å². The summed E-state index contributed by atoms with van der Waals surface area (Å²) in [5.74, 6) is -0.166. The second-order valence-corrected chi connectivity index (χ2v) is 5.72. The maximum atomic E-state index is 13.2. The molecule has 0 aliphatic carbocycles. The van der Waals surface area contributed by atoms with Crippen LogP contribution in [0.25, 0.3) is 0 Å². The fourth-order valence-electron chi connectivity index (χ4n) is 2.78. The van der Waals surface area contributed by atoms with Gasteiger partial charge in [0.05, 0.1) is 13.2 Å². The highest BCUT2D eigenvalue weighted by atomic mass is 19.1. The molecule has 1 aliphatic heterocycles. The molecule has 0 saturated carbocycles.